The molecule has 96 valence electrons. The summed E-state index contributed by atoms with van der Waals surface area (Å²) < 4.78 is 22.1. The minimum absolute atomic E-state index is 0.0405. The van der Waals surface area contributed by atoms with E-state index >= 15 is 0 Å². The summed E-state index contributed by atoms with van der Waals surface area (Å²) in [7, 11) is -1.16. The van der Waals surface area contributed by atoms with Crippen molar-refractivity contribution in [3.63, 3.8) is 0 Å². The van der Waals surface area contributed by atoms with Gasteiger partial charge in [-0.25, -0.2) is 13.4 Å². The SMILES string of the molecule is Cc1cc(CO)cnc1N(C)CCS(C)(=O)=O. The number of hydrogen-bond donors (Lipinski definition) is 1. The first kappa shape index (κ1) is 13.9. The highest BCUT2D eigenvalue weighted by atomic mass is 32.2. The van der Waals surface area contributed by atoms with Crippen molar-refractivity contribution in [3.8, 4) is 0 Å². The van der Waals surface area contributed by atoms with Gasteiger partial charge in [-0.15, -0.1) is 0 Å². The third kappa shape index (κ3) is 4.32. The fraction of sp³-hybridized carbons (Fsp3) is 0.545. The smallest absolute Gasteiger partial charge is 0.149 e. The minimum Gasteiger partial charge on any atom is -0.392 e. The Morgan fingerprint density at radius 2 is 2.12 bits per heavy atom. The van der Waals surface area contributed by atoms with Crippen molar-refractivity contribution in [2.24, 2.45) is 0 Å². The molecule has 1 aromatic rings. The molecule has 0 saturated carbocycles. The first-order chi connectivity index (χ1) is 7.83. The van der Waals surface area contributed by atoms with E-state index in [1.807, 2.05) is 13.0 Å². The molecule has 0 aromatic carbocycles. The summed E-state index contributed by atoms with van der Waals surface area (Å²) in [5.74, 6) is 0.845. The molecule has 1 aromatic heterocycles. The lowest BCUT2D eigenvalue weighted by Crippen LogP contribution is -2.26. The van der Waals surface area contributed by atoms with Crippen LogP contribution in [0.25, 0.3) is 0 Å². The highest BCUT2D eigenvalue weighted by molar-refractivity contribution is 7.90. The van der Waals surface area contributed by atoms with E-state index < -0.39 is 9.84 Å². The van der Waals surface area contributed by atoms with E-state index in [9.17, 15) is 8.42 Å². The third-order valence-electron chi connectivity index (χ3n) is 2.45. The van der Waals surface area contributed by atoms with Crippen LogP contribution in [0, 0.1) is 6.92 Å². The highest BCUT2D eigenvalue weighted by Gasteiger charge is 2.10. The van der Waals surface area contributed by atoms with Crippen molar-refractivity contribution >= 4 is 15.7 Å². The average molecular weight is 258 g/mol. The highest BCUT2D eigenvalue weighted by Crippen LogP contribution is 2.16. The summed E-state index contributed by atoms with van der Waals surface area (Å²) in [5.41, 5.74) is 1.68. The predicted octanol–water partition coefficient (Wildman–Crippen LogP) is 0.363. The Labute approximate surface area is 102 Å². The largest absolute Gasteiger partial charge is 0.392 e. The van der Waals surface area contributed by atoms with Gasteiger partial charge in [-0.1, -0.05) is 0 Å². The molecule has 0 aliphatic heterocycles. The van der Waals surface area contributed by atoms with Crippen LogP contribution in [0.2, 0.25) is 0 Å². The molecule has 0 bridgehead atoms. The molecule has 5 nitrogen and oxygen atoms in total. The zero-order chi connectivity index (χ0) is 13.1. The average Bonchev–Trinajstić information content (AvgIpc) is 2.24. The number of aryl methyl sites for hydroxylation is 1. The first-order valence-electron chi connectivity index (χ1n) is 5.28. The van der Waals surface area contributed by atoms with Crippen LogP contribution in [0.15, 0.2) is 12.3 Å². The Morgan fingerprint density at radius 1 is 1.47 bits per heavy atom. The molecular weight excluding hydrogens is 240 g/mol. The Balaban J connectivity index is 2.79. The number of hydrogen-bond acceptors (Lipinski definition) is 5. The van der Waals surface area contributed by atoms with Crippen LogP contribution >= 0.6 is 0 Å². The van der Waals surface area contributed by atoms with Gasteiger partial charge in [0.15, 0.2) is 0 Å². The number of nitrogens with zero attached hydrogens (tertiary/aromatic N) is 2. The van der Waals surface area contributed by atoms with Crippen molar-refractivity contribution in [2.75, 3.05) is 30.5 Å². The van der Waals surface area contributed by atoms with Crippen LogP contribution in [0.5, 0.6) is 0 Å². The Hall–Kier alpha value is -1.14. The van der Waals surface area contributed by atoms with Crippen LogP contribution in [0.3, 0.4) is 0 Å². The zero-order valence-corrected chi connectivity index (χ0v) is 11.2. The second-order valence-electron chi connectivity index (χ2n) is 4.19. The number of sulfone groups is 1. The summed E-state index contributed by atoms with van der Waals surface area (Å²) in [5, 5.41) is 8.97. The first-order valence-corrected chi connectivity index (χ1v) is 7.35. The summed E-state index contributed by atoms with van der Waals surface area (Å²) >= 11 is 0. The molecule has 1 rings (SSSR count). The molecular formula is C11H18N2O3S. The van der Waals surface area contributed by atoms with E-state index in [0.29, 0.717) is 6.54 Å². The molecule has 1 heterocycles. The maximum absolute atomic E-state index is 11.1. The Bertz CT molecular complexity index is 485. The van der Waals surface area contributed by atoms with Crippen LogP contribution in [0.4, 0.5) is 5.82 Å². The lowest BCUT2D eigenvalue weighted by Gasteiger charge is -2.19. The van der Waals surface area contributed by atoms with Gasteiger partial charge < -0.3 is 10.0 Å². The van der Waals surface area contributed by atoms with Gasteiger partial charge in [0.25, 0.3) is 0 Å². The summed E-state index contributed by atoms with van der Waals surface area (Å²) in [6.45, 7) is 2.25. The van der Waals surface area contributed by atoms with Gasteiger partial charge in [0.1, 0.15) is 15.7 Å². The monoisotopic (exact) mass is 258 g/mol. The maximum atomic E-state index is 11.1. The van der Waals surface area contributed by atoms with Crippen molar-refractivity contribution in [1.29, 1.82) is 0 Å². The molecule has 0 fully saturated rings. The molecule has 6 heteroatoms. The second kappa shape index (κ2) is 5.46. The van der Waals surface area contributed by atoms with Crippen LogP contribution in [-0.2, 0) is 16.4 Å². The van der Waals surface area contributed by atoms with Gasteiger partial charge in [-0.3, -0.25) is 0 Å². The summed E-state index contributed by atoms with van der Waals surface area (Å²) in [6, 6.07) is 1.85. The number of pyridine rings is 1. The van der Waals surface area contributed by atoms with Crippen molar-refractivity contribution in [3.05, 3.63) is 23.4 Å². The normalized spacial score (nSPS) is 11.5. The number of aliphatic hydroxyl groups is 1. The predicted molar refractivity (Wildman–Crippen MR) is 67.9 cm³/mol. The van der Waals surface area contributed by atoms with Crippen molar-refractivity contribution < 1.29 is 13.5 Å². The van der Waals surface area contributed by atoms with E-state index in [1.54, 1.807) is 18.1 Å². The minimum atomic E-state index is -2.96. The number of aliphatic hydroxyl groups excluding tert-OH is 1. The maximum Gasteiger partial charge on any atom is 0.149 e. The fourth-order valence-electron chi connectivity index (χ4n) is 1.52. The van der Waals surface area contributed by atoms with E-state index in [-0.39, 0.29) is 12.4 Å². The van der Waals surface area contributed by atoms with Crippen molar-refractivity contribution in [1.82, 2.24) is 4.98 Å². The standard InChI is InChI=1S/C11H18N2O3S/c1-9-6-10(8-14)7-12-11(9)13(2)4-5-17(3,15)16/h6-7,14H,4-5,8H2,1-3H3. The molecule has 0 aliphatic rings. The molecule has 0 saturated heterocycles. The Kier molecular flexibility index (Phi) is 4.47. The van der Waals surface area contributed by atoms with Gasteiger partial charge >= 0.3 is 0 Å². The van der Waals surface area contributed by atoms with Gasteiger partial charge in [0.05, 0.1) is 12.4 Å². The molecule has 0 radical (unpaired) electrons. The van der Waals surface area contributed by atoms with Gasteiger partial charge in [-0.05, 0) is 24.1 Å². The van der Waals surface area contributed by atoms with Crippen LogP contribution in [0.1, 0.15) is 11.1 Å². The van der Waals surface area contributed by atoms with E-state index in [4.69, 9.17) is 5.11 Å². The molecule has 17 heavy (non-hydrogen) atoms. The number of anilines is 1. The summed E-state index contributed by atoms with van der Waals surface area (Å²) in [6.07, 6.45) is 2.81. The molecule has 0 amide bonds. The molecule has 0 atom stereocenters. The van der Waals surface area contributed by atoms with Gasteiger partial charge in [0, 0.05) is 26.0 Å². The van der Waals surface area contributed by atoms with E-state index in [1.165, 1.54) is 6.26 Å². The molecule has 0 aliphatic carbocycles. The number of aromatic nitrogens is 1. The van der Waals surface area contributed by atoms with Crippen LogP contribution < -0.4 is 4.90 Å². The van der Waals surface area contributed by atoms with E-state index in [2.05, 4.69) is 4.98 Å². The molecule has 0 unspecified atom stereocenters. The Morgan fingerprint density at radius 3 is 2.59 bits per heavy atom. The van der Waals surface area contributed by atoms with Crippen LogP contribution in [-0.4, -0.2) is 44.1 Å². The van der Waals surface area contributed by atoms with Gasteiger partial charge in [-0.2, -0.15) is 0 Å². The summed E-state index contributed by atoms with van der Waals surface area (Å²) in [4.78, 5) is 6.02. The third-order valence-corrected chi connectivity index (χ3v) is 3.37. The van der Waals surface area contributed by atoms with Gasteiger partial charge in [0.2, 0.25) is 0 Å². The molecule has 0 spiro atoms. The zero-order valence-electron chi connectivity index (χ0n) is 10.3. The number of rotatable bonds is 5. The quantitative estimate of drug-likeness (QED) is 0.826. The topological polar surface area (TPSA) is 70.5 Å². The van der Waals surface area contributed by atoms with E-state index in [0.717, 1.165) is 16.9 Å². The fourth-order valence-corrected chi connectivity index (χ4v) is 2.13. The molecule has 1 N–H and O–H groups in total. The van der Waals surface area contributed by atoms with Crippen molar-refractivity contribution in [2.45, 2.75) is 13.5 Å². The lowest BCUT2D eigenvalue weighted by atomic mass is 10.2. The lowest BCUT2D eigenvalue weighted by molar-refractivity contribution is 0.281. The second-order valence-corrected chi connectivity index (χ2v) is 6.45.